The Labute approximate surface area is 105 Å². The number of hydrogen-bond donors (Lipinski definition) is 0. The molecular formula is C12H16N4O2. The molecule has 2 rings (SSSR count). The van der Waals surface area contributed by atoms with E-state index in [1.807, 2.05) is 27.7 Å². The normalized spacial score (nSPS) is 11.6. The molecule has 0 amide bonds. The number of hydrogen-bond acceptors (Lipinski definition) is 6. The van der Waals surface area contributed by atoms with E-state index in [9.17, 15) is 0 Å². The Balaban J connectivity index is 2.40. The first-order chi connectivity index (χ1) is 8.41. The van der Waals surface area contributed by atoms with Crippen molar-refractivity contribution in [1.82, 2.24) is 20.1 Å². The van der Waals surface area contributed by atoms with Crippen LogP contribution in [0.25, 0.3) is 11.5 Å². The van der Waals surface area contributed by atoms with E-state index in [0.29, 0.717) is 17.7 Å². The predicted molar refractivity (Wildman–Crippen MR) is 65.3 cm³/mol. The smallest absolute Gasteiger partial charge is 0.316 e. The monoisotopic (exact) mass is 248 g/mol. The Morgan fingerprint density at radius 1 is 1.22 bits per heavy atom. The molecule has 0 radical (unpaired) electrons. The molecule has 0 aromatic carbocycles. The van der Waals surface area contributed by atoms with Gasteiger partial charge in [0.1, 0.15) is 0 Å². The fourth-order valence-corrected chi connectivity index (χ4v) is 1.39. The van der Waals surface area contributed by atoms with Gasteiger partial charge < -0.3 is 9.26 Å². The molecule has 0 fully saturated rings. The van der Waals surface area contributed by atoms with Crippen molar-refractivity contribution in [3.05, 3.63) is 17.7 Å². The van der Waals surface area contributed by atoms with Crippen molar-refractivity contribution in [2.75, 3.05) is 7.11 Å². The molecule has 0 saturated heterocycles. The van der Waals surface area contributed by atoms with Gasteiger partial charge >= 0.3 is 6.01 Å². The zero-order valence-corrected chi connectivity index (χ0v) is 11.2. The van der Waals surface area contributed by atoms with Crippen molar-refractivity contribution in [2.45, 2.75) is 33.1 Å². The lowest BCUT2D eigenvalue weighted by Gasteiger charge is -2.10. The van der Waals surface area contributed by atoms with Crippen LogP contribution in [0.3, 0.4) is 0 Å². The molecule has 2 aromatic heterocycles. The molecule has 0 saturated carbocycles. The number of nitrogens with zero attached hydrogens (tertiary/aromatic N) is 4. The number of aromatic nitrogens is 4. The van der Waals surface area contributed by atoms with Crippen molar-refractivity contribution >= 4 is 0 Å². The maximum absolute atomic E-state index is 5.25. The van der Waals surface area contributed by atoms with E-state index in [1.165, 1.54) is 7.11 Å². The van der Waals surface area contributed by atoms with E-state index in [0.717, 1.165) is 11.3 Å². The lowest BCUT2D eigenvalue weighted by molar-refractivity contribution is 0.378. The van der Waals surface area contributed by atoms with Crippen LogP contribution in [-0.4, -0.2) is 27.2 Å². The van der Waals surface area contributed by atoms with Crippen LogP contribution in [0, 0.1) is 6.92 Å². The van der Waals surface area contributed by atoms with Gasteiger partial charge in [0, 0.05) is 11.6 Å². The summed E-state index contributed by atoms with van der Waals surface area (Å²) in [5, 5.41) is 3.97. The molecule has 2 aromatic rings. The summed E-state index contributed by atoms with van der Waals surface area (Å²) in [6.45, 7) is 7.93. The third-order valence-corrected chi connectivity index (χ3v) is 2.47. The van der Waals surface area contributed by atoms with E-state index < -0.39 is 0 Å². The van der Waals surface area contributed by atoms with E-state index in [-0.39, 0.29) is 5.41 Å². The van der Waals surface area contributed by atoms with Crippen LogP contribution in [-0.2, 0) is 5.41 Å². The van der Waals surface area contributed by atoms with Gasteiger partial charge in [0.05, 0.1) is 18.4 Å². The molecule has 0 unspecified atom stereocenters. The van der Waals surface area contributed by atoms with E-state index in [2.05, 4.69) is 20.1 Å². The van der Waals surface area contributed by atoms with Gasteiger partial charge in [0.25, 0.3) is 5.89 Å². The zero-order valence-electron chi connectivity index (χ0n) is 11.2. The number of methoxy groups -OCH3 is 1. The van der Waals surface area contributed by atoms with Crippen LogP contribution in [0.15, 0.2) is 10.7 Å². The summed E-state index contributed by atoms with van der Waals surface area (Å²) < 4.78 is 10.2. The largest absolute Gasteiger partial charge is 0.467 e. The van der Waals surface area contributed by atoms with Crippen LogP contribution in [0.1, 0.15) is 32.3 Å². The molecule has 6 heteroatoms. The van der Waals surface area contributed by atoms with Gasteiger partial charge in [-0.05, 0) is 6.92 Å². The molecule has 0 aliphatic carbocycles. The third kappa shape index (κ3) is 2.32. The summed E-state index contributed by atoms with van der Waals surface area (Å²) in [7, 11) is 1.53. The summed E-state index contributed by atoms with van der Waals surface area (Å²) >= 11 is 0. The molecule has 0 N–H and O–H groups in total. The van der Waals surface area contributed by atoms with Crippen molar-refractivity contribution in [3.8, 4) is 17.5 Å². The second-order valence-electron chi connectivity index (χ2n) is 5.03. The highest BCUT2D eigenvalue weighted by Crippen LogP contribution is 2.25. The van der Waals surface area contributed by atoms with Gasteiger partial charge in [-0.1, -0.05) is 25.9 Å². The Hall–Kier alpha value is -1.98. The first kappa shape index (κ1) is 12.5. The van der Waals surface area contributed by atoms with Crippen molar-refractivity contribution in [3.63, 3.8) is 0 Å². The highest BCUT2D eigenvalue weighted by molar-refractivity contribution is 5.54. The number of rotatable bonds is 2. The van der Waals surface area contributed by atoms with E-state index in [1.54, 1.807) is 6.20 Å². The van der Waals surface area contributed by atoms with Crippen molar-refractivity contribution in [1.29, 1.82) is 0 Å². The topological polar surface area (TPSA) is 73.9 Å². The molecule has 2 heterocycles. The van der Waals surface area contributed by atoms with Gasteiger partial charge in [-0.25, -0.2) is 4.98 Å². The Morgan fingerprint density at radius 2 is 1.94 bits per heavy atom. The molecule has 0 atom stereocenters. The first-order valence-corrected chi connectivity index (χ1v) is 5.64. The first-order valence-electron chi connectivity index (χ1n) is 5.64. The van der Waals surface area contributed by atoms with Crippen molar-refractivity contribution in [2.24, 2.45) is 0 Å². The van der Waals surface area contributed by atoms with Gasteiger partial charge in [-0.15, -0.1) is 0 Å². The van der Waals surface area contributed by atoms with Crippen LogP contribution in [0.5, 0.6) is 6.01 Å². The van der Waals surface area contributed by atoms with Gasteiger partial charge in [-0.3, -0.25) is 0 Å². The minimum absolute atomic E-state index is 0.150. The molecule has 96 valence electrons. The summed E-state index contributed by atoms with van der Waals surface area (Å²) in [5.41, 5.74) is 1.31. The van der Waals surface area contributed by atoms with E-state index >= 15 is 0 Å². The summed E-state index contributed by atoms with van der Waals surface area (Å²) in [5.74, 6) is 1.09. The maximum atomic E-state index is 5.25. The molecular weight excluding hydrogens is 232 g/mol. The Morgan fingerprint density at radius 3 is 2.44 bits per heavy atom. The highest BCUT2D eigenvalue weighted by atomic mass is 16.5. The van der Waals surface area contributed by atoms with Crippen LogP contribution < -0.4 is 4.74 Å². The number of aryl methyl sites for hydroxylation is 1. The molecule has 0 aliphatic rings. The maximum Gasteiger partial charge on any atom is 0.316 e. The standard InChI is InChI=1S/C12H16N4O2/c1-7-8(6-13-11(14-7)17-5)9-15-10(16-18-9)12(2,3)4/h6H,1-5H3. The third-order valence-electron chi connectivity index (χ3n) is 2.47. The highest BCUT2D eigenvalue weighted by Gasteiger charge is 2.22. The summed E-state index contributed by atoms with van der Waals surface area (Å²) in [6, 6.07) is 0.326. The summed E-state index contributed by atoms with van der Waals surface area (Å²) in [4.78, 5) is 12.6. The fraction of sp³-hybridized carbons (Fsp3) is 0.500. The van der Waals surface area contributed by atoms with Crippen LogP contribution >= 0.6 is 0 Å². The molecule has 0 bridgehead atoms. The lowest BCUT2D eigenvalue weighted by Crippen LogP contribution is -2.13. The fourth-order valence-electron chi connectivity index (χ4n) is 1.39. The van der Waals surface area contributed by atoms with Gasteiger partial charge in [0.2, 0.25) is 0 Å². The zero-order chi connectivity index (χ0) is 13.3. The number of ether oxygens (including phenoxy) is 1. The summed E-state index contributed by atoms with van der Waals surface area (Å²) in [6.07, 6.45) is 1.63. The Bertz CT molecular complexity index is 557. The molecule has 6 nitrogen and oxygen atoms in total. The van der Waals surface area contributed by atoms with Gasteiger partial charge in [0.15, 0.2) is 5.82 Å². The SMILES string of the molecule is COc1ncc(-c2nc(C(C)(C)C)no2)c(C)n1. The van der Waals surface area contributed by atoms with Crippen molar-refractivity contribution < 1.29 is 9.26 Å². The molecule has 18 heavy (non-hydrogen) atoms. The minimum atomic E-state index is -0.150. The quantitative estimate of drug-likeness (QED) is 0.810. The average molecular weight is 248 g/mol. The average Bonchev–Trinajstić information content (AvgIpc) is 2.77. The molecule has 0 spiro atoms. The van der Waals surface area contributed by atoms with Gasteiger partial charge in [-0.2, -0.15) is 9.97 Å². The molecule has 0 aliphatic heterocycles. The van der Waals surface area contributed by atoms with Crippen LogP contribution in [0.2, 0.25) is 0 Å². The second-order valence-corrected chi connectivity index (χ2v) is 5.03. The lowest BCUT2D eigenvalue weighted by atomic mass is 9.96. The van der Waals surface area contributed by atoms with Crippen LogP contribution in [0.4, 0.5) is 0 Å². The Kier molecular flexibility index (Phi) is 3.02. The predicted octanol–water partition coefficient (Wildman–Crippen LogP) is 2.14. The van der Waals surface area contributed by atoms with E-state index in [4.69, 9.17) is 9.26 Å². The minimum Gasteiger partial charge on any atom is -0.467 e. The second kappa shape index (κ2) is 4.36.